The van der Waals surface area contributed by atoms with Crippen molar-refractivity contribution in [1.82, 2.24) is 10.6 Å². The molecule has 1 rings (SSSR count). The third-order valence-electron chi connectivity index (χ3n) is 3.06. The van der Waals surface area contributed by atoms with E-state index >= 15 is 0 Å². The van der Waals surface area contributed by atoms with Crippen molar-refractivity contribution in [3.05, 3.63) is 0 Å². The normalized spacial score (nSPS) is 24.7. The summed E-state index contributed by atoms with van der Waals surface area (Å²) in [5.74, 6) is 0.738. The van der Waals surface area contributed by atoms with Crippen LogP contribution < -0.4 is 10.6 Å². The first kappa shape index (κ1) is 14.3. The fourth-order valence-corrected chi connectivity index (χ4v) is 2.29. The molecule has 0 radical (unpaired) electrons. The summed E-state index contributed by atoms with van der Waals surface area (Å²) in [4.78, 5) is 11.6. The van der Waals surface area contributed by atoms with E-state index in [4.69, 9.17) is 4.74 Å². The Bertz CT molecular complexity index is 248. The Morgan fingerprint density at radius 2 is 2.06 bits per heavy atom. The summed E-state index contributed by atoms with van der Waals surface area (Å²) in [5, 5.41) is 6.13. The van der Waals surface area contributed by atoms with Crippen LogP contribution in [0, 0.1) is 5.92 Å². The second-order valence-corrected chi connectivity index (χ2v) is 5.91. The van der Waals surface area contributed by atoms with Gasteiger partial charge in [0.05, 0.1) is 0 Å². The number of hydrogen-bond donors (Lipinski definition) is 2. The van der Waals surface area contributed by atoms with E-state index in [2.05, 4.69) is 10.6 Å². The molecule has 0 aliphatic heterocycles. The van der Waals surface area contributed by atoms with Crippen LogP contribution in [0.15, 0.2) is 0 Å². The van der Waals surface area contributed by atoms with E-state index in [1.807, 2.05) is 27.8 Å². The zero-order chi connectivity index (χ0) is 12.9. The Morgan fingerprint density at radius 1 is 1.35 bits per heavy atom. The summed E-state index contributed by atoms with van der Waals surface area (Å²) in [6.07, 6.45) is 4.29. The van der Waals surface area contributed by atoms with Crippen molar-refractivity contribution in [1.29, 1.82) is 0 Å². The van der Waals surface area contributed by atoms with Crippen molar-refractivity contribution < 1.29 is 9.53 Å². The number of carbonyl (C=O) groups excluding carboxylic acids is 1. The lowest BCUT2D eigenvalue weighted by atomic mass is 10.0. The van der Waals surface area contributed by atoms with Crippen LogP contribution in [0.2, 0.25) is 0 Å². The molecule has 0 aromatic rings. The Morgan fingerprint density at radius 3 is 2.65 bits per heavy atom. The molecule has 0 bridgehead atoms. The van der Waals surface area contributed by atoms with Gasteiger partial charge in [0, 0.05) is 6.04 Å². The van der Waals surface area contributed by atoms with Crippen molar-refractivity contribution in [3.8, 4) is 0 Å². The molecule has 0 heterocycles. The number of amides is 1. The molecule has 2 unspecified atom stereocenters. The van der Waals surface area contributed by atoms with Crippen molar-refractivity contribution in [2.45, 2.75) is 58.1 Å². The third kappa shape index (κ3) is 5.91. The zero-order valence-corrected chi connectivity index (χ0v) is 11.5. The first-order valence-electron chi connectivity index (χ1n) is 6.55. The number of alkyl carbamates (subject to hydrolysis) is 1. The predicted molar refractivity (Wildman–Crippen MR) is 69.0 cm³/mol. The molecule has 4 nitrogen and oxygen atoms in total. The van der Waals surface area contributed by atoms with Gasteiger partial charge in [-0.05, 0) is 66.0 Å². The predicted octanol–water partition coefficient (Wildman–Crippen LogP) is 2.29. The SMILES string of the molecule is CNCCC1CCC(NC(=O)OC(C)(C)C)C1. The van der Waals surface area contributed by atoms with E-state index in [9.17, 15) is 4.79 Å². The highest BCUT2D eigenvalue weighted by atomic mass is 16.6. The van der Waals surface area contributed by atoms with E-state index in [-0.39, 0.29) is 6.09 Å². The van der Waals surface area contributed by atoms with Gasteiger partial charge in [-0.1, -0.05) is 0 Å². The summed E-state index contributed by atoms with van der Waals surface area (Å²) < 4.78 is 5.25. The maximum Gasteiger partial charge on any atom is 0.407 e. The van der Waals surface area contributed by atoms with E-state index in [1.165, 1.54) is 12.8 Å². The summed E-state index contributed by atoms with van der Waals surface area (Å²) in [6, 6.07) is 0.298. The lowest BCUT2D eigenvalue weighted by Gasteiger charge is -2.21. The highest BCUT2D eigenvalue weighted by molar-refractivity contribution is 5.68. The number of nitrogens with one attached hydrogen (secondary N) is 2. The molecule has 100 valence electrons. The van der Waals surface area contributed by atoms with Crippen LogP contribution in [0.3, 0.4) is 0 Å². The summed E-state index contributed by atoms with van der Waals surface area (Å²) in [7, 11) is 1.98. The Balaban J connectivity index is 2.23. The van der Waals surface area contributed by atoms with Gasteiger partial charge in [-0.3, -0.25) is 0 Å². The van der Waals surface area contributed by atoms with E-state index in [0.717, 1.165) is 25.3 Å². The van der Waals surface area contributed by atoms with E-state index < -0.39 is 5.60 Å². The van der Waals surface area contributed by atoms with Crippen LogP contribution in [0.5, 0.6) is 0 Å². The molecule has 17 heavy (non-hydrogen) atoms. The maximum absolute atomic E-state index is 11.6. The Labute approximate surface area is 104 Å². The molecule has 1 fully saturated rings. The minimum atomic E-state index is -0.409. The molecule has 0 aromatic heterocycles. The monoisotopic (exact) mass is 242 g/mol. The first-order chi connectivity index (χ1) is 7.90. The highest BCUT2D eigenvalue weighted by Crippen LogP contribution is 2.28. The largest absolute Gasteiger partial charge is 0.444 e. The highest BCUT2D eigenvalue weighted by Gasteiger charge is 2.27. The van der Waals surface area contributed by atoms with Crippen molar-refractivity contribution in [2.24, 2.45) is 5.92 Å². The van der Waals surface area contributed by atoms with Gasteiger partial charge in [-0.25, -0.2) is 4.79 Å². The summed E-state index contributed by atoms with van der Waals surface area (Å²) in [6.45, 7) is 6.72. The van der Waals surface area contributed by atoms with Crippen LogP contribution in [0.25, 0.3) is 0 Å². The fourth-order valence-electron chi connectivity index (χ4n) is 2.29. The number of ether oxygens (including phenoxy) is 1. The van der Waals surface area contributed by atoms with Crippen LogP contribution >= 0.6 is 0 Å². The zero-order valence-electron chi connectivity index (χ0n) is 11.5. The molecule has 0 saturated heterocycles. The minimum absolute atomic E-state index is 0.281. The molecule has 1 amide bonds. The lowest BCUT2D eigenvalue weighted by Crippen LogP contribution is -2.38. The van der Waals surface area contributed by atoms with Gasteiger partial charge < -0.3 is 15.4 Å². The van der Waals surface area contributed by atoms with E-state index in [1.54, 1.807) is 0 Å². The standard InChI is InChI=1S/C13H26N2O2/c1-13(2,3)17-12(16)15-11-6-5-10(9-11)7-8-14-4/h10-11,14H,5-9H2,1-4H3,(H,15,16). The molecule has 1 saturated carbocycles. The van der Waals surface area contributed by atoms with Gasteiger partial charge in [0.2, 0.25) is 0 Å². The van der Waals surface area contributed by atoms with Crippen molar-refractivity contribution in [3.63, 3.8) is 0 Å². The lowest BCUT2D eigenvalue weighted by molar-refractivity contribution is 0.0504. The quantitative estimate of drug-likeness (QED) is 0.795. The van der Waals surface area contributed by atoms with E-state index in [0.29, 0.717) is 6.04 Å². The van der Waals surface area contributed by atoms with Crippen LogP contribution in [-0.2, 0) is 4.74 Å². The van der Waals surface area contributed by atoms with Gasteiger partial charge >= 0.3 is 6.09 Å². The molecule has 1 aliphatic rings. The number of rotatable bonds is 4. The first-order valence-corrected chi connectivity index (χ1v) is 6.55. The van der Waals surface area contributed by atoms with Gasteiger partial charge in [0.15, 0.2) is 0 Å². The molecule has 1 aliphatic carbocycles. The van der Waals surface area contributed by atoms with Crippen LogP contribution in [0.1, 0.15) is 46.5 Å². The molecule has 0 aromatic carbocycles. The molecule has 4 heteroatoms. The second kappa shape index (κ2) is 6.24. The van der Waals surface area contributed by atoms with Gasteiger partial charge in [0.1, 0.15) is 5.60 Å². The van der Waals surface area contributed by atoms with Crippen molar-refractivity contribution >= 4 is 6.09 Å². The van der Waals surface area contributed by atoms with Crippen LogP contribution in [0.4, 0.5) is 4.79 Å². The third-order valence-corrected chi connectivity index (χ3v) is 3.06. The summed E-state index contributed by atoms with van der Waals surface area (Å²) in [5.41, 5.74) is -0.409. The van der Waals surface area contributed by atoms with Gasteiger partial charge in [-0.15, -0.1) is 0 Å². The average molecular weight is 242 g/mol. The average Bonchev–Trinajstić information content (AvgIpc) is 2.59. The molecule has 0 spiro atoms. The van der Waals surface area contributed by atoms with Gasteiger partial charge in [-0.2, -0.15) is 0 Å². The Hall–Kier alpha value is -0.770. The molecular formula is C13H26N2O2. The topological polar surface area (TPSA) is 50.4 Å². The molecule has 2 N–H and O–H groups in total. The number of carbonyl (C=O) groups is 1. The summed E-state index contributed by atoms with van der Waals surface area (Å²) >= 11 is 0. The second-order valence-electron chi connectivity index (χ2n) is 5.91. The Kier molecular flexibility index (Phi) is 5.25. The smallest absolute Gasteiger partial charge is 0.407 e. The van der Waals surface area contributed by atoms with Crippen molar-refractivity contribution in [2.75, 3.05) is 13.6 Å². The minimum Gasteiger partial charge on any atom is -0.444 e. The molecule has 2 atom stereocenters. The number of hydrogen-bond acceptors (Lipinski definition) is 3. The maximum atomic E-state index is 11.6. The fraction of sp³-hybridized carbons (Fsp3) is 0.923. The van der Waals surface area contributed by atoms with Gasteiger partial charge in [0.25, 0.3) is 0 Å². The van der Waals surface area contributed by atoms with Crippen LogP contribution in [-0.4, -0.2) is 31.3 Å². The molecular weight excluding hydrogens is 216 g/mol.